The zero-order valence-electron chi connectivity index (χ0n) is 18.1. The molecule has 3 aromatic rings. The van der Waals surface area contributed by atoms with E-state index in [-0.39, 0.29) is 23.8 Å². The number of nitrogens with one attached hydrogen (secondary N) is 1. The number of nitrogens with zero attached hydrogens (tertiary/aromatic N) is 2. The van der Waals surface area contributed by atoms with Crippen LogP contribution in [0.15, 0.2) is 38.5 Å². The summed E-state index contributed by atoms with van der Waals surface area (Å²) in [6, 6.07) is 5.38. The van der Waals surface area contributed by atoms with Crippen molar-refractivity contribution in [2.75, 3.05) is 24.3 Å². The van der Waals surface area contributed by atoms with Crippen LogP contribution in [0, 0.1) is 0 Å². The summed E-state index contributed by atoms with van der Waals surface area (Å²) in [4.78, 5) is 41.8. The van der Waals surface area contributed by atoms with Crippen LogP contribution in [0.4, 0.5) is 11.5 Å². The highest BCUT2D eigenvalue weighted by atomic mass is 16.5. The minimum absolute atomic E-state index is 0.00170. The van der Waals surface area contributed by atoms with Crippen LogP contribution in [0.2, 0.25) is 0 Å². The van der Waals surface area contributed by atoms with Crippen LogP contribution in [0.3, 0.4) is 0 Å². The van der Waals surface area contributed by atoms with Crippen molar-refractivity contribution in [3.05, 3.63) is 50.9 Å². The largest absolute Gasteiger partial charge is 0.497 e. The van der Waals surface area contributed by atoms with Gasteiger partial charge in [-0.25, -0.2) is 4.79 Å². The van der Waals surface area contributed by atoms with Gasteiger partial charge in [0.1, 0.15) is 17.2 Å². The maximum Gasteiger partial charge on any atom is 0.330 e. The highest BCUT2D eigenvalue weighted by Crippen LogP contribution is 2.27. The molecule has 0 spiro atoms. The summed E-state index contributed by atoms with van der Waals surface area (Å²) in [6.07, 6.45) is 3.72. The van der Waals surface area contributed by atoms with E-state index < -0.39 is 11.2 Å². The van der Waals surface area contributed by atoms with E-state index in [1.54, 1.807) is 19.2 Å². The number of hydrogen-bond acceptors (Lipinski definition) is 6. The van der Waals surface area contributed by atoms with Crippen LogP contribution in [0.5, 0.6) is 5.75 Å². The third-order valence-corrected chi connectivity index (χ3v) is 5.17. The number of benzene rings is 1. The third-order valence-electron chi connectivity index (χ3n) is 5.17. The highest BCUT2D eigenvalue weighted by molar-refractivity contribution is 5.99. The number of ether oxygens (including phenoxy) is 1. The number of rotatable bonds is 9. The summed E-state index contributed by atoms with van der Waals surface area (Å²) < 4.78 is 12.1. The van der Waals surface area contributed by atoms with E-state index in [1.165, 1.54) is 15.7 Å². The number of anilines is 2. The molecule has 31 heavy (non-hydrogen) atoms. The van der Waals surface area contributed by atoms with Crippen LogP contribution in [-0.2, 0) is 17.8 Å². The SMILES string of the molecule is CCCCN(C(=O)Cc1coc2cc(OC)ccc12)c1c(N)n(CCC)c(=O)[nH]c1=O. The quantitative estimate of drug-likeness (QED) is 0.540. The van der Waals surface area contributed by atoms with Gasteiger partial charge in [-0.3, -0.25) is 19.1 Å². The molecule has 0 saturated heterocycles. The number of aromatic nitrogens is 2. The topological polar surface area (TPSA) is 124 Å². The summed E-state index contributed by atoms with van der Waals surface area (Å²) in [5.74, 6) is 0.356. The minimum atomic E-state index is -0.666. The molecule has 9 nitrogen and oxygen atoms in total. The lowest BCUT2D eigenvalue weighted by Gasteiger charge is -2.24. The first-order valence-electron chi connectivity index (χ1n) is 10.4. The number of fused-ring (bicyclic) bond motifs is 1. The first-order chi connectivity index (χ1) is 14.9. The fourth-order valence-corrected chi connectivity index (χ4v) is 3.55. The van der Waals surface area contributed by atoms with Crippen LogP contribution >= 0.6 is 0 Å². The lowest BCUT2D eigenvalue weighted by molar-refractivity contribution is -0.118. The van der Waals surface area contributed by atoms with Crippen LogP contribution in [0.1, 0.15) is 38.7 Å². The number of aromatic amines is 1. The van der Waals surface area contributed by atoms with Gasteiger partial charge in [0.25, 0.3) is 5.56 Å². The van der Waals surface area contributed by atoms with Gasteiger partial charge in [-0.15, -0.1) is 0 Å². The van der Waals surface area contributed by atoms with E-state index in [0.717, 1.165) is 11.8 Å². The summed E-state index contributed by atoms with van der Waals surface area (Å²) >= 11 is 0. The number of nitrogens with two attached hydrogens (primary N) is 1. The second-order valence-corrected chi connectivity index (χ2v) is 7.34. The number of H-pyrrole nitrogens is 1. The second-order valence-electron chi connectivity index (χ2n) is 7.34. The molecule has 0 atom stereocenters. The van der Waals surface area contributed by atoms with Gasteiger partial charge in [0.05, 0.1) is 19.8 Å². The van der Waals surface area contributed by atoms with E-state index in [9.17, 15) is 14.4 Å². The first-order valence-corrected chi connectivity index (χ1v) is 10.4. The lowest BCUT2D eigenvalue weighted by Crippen LogP contribution is -2.42. The number of unbranched alkanes of at least 4 members (excludes halogenated alkanes) is 1. The van der Waals surface area contributed by atoms with E-state index in [1.807, 2.05) is 19.9 Å². The Bertz CT molecular complexity index is 1190. The Morgan fingerprint density at radius 3 is 2.71 bits per heavy atom. The van der Waals surface area contributed by atoms with Gasteiger partial charge in [0.15, 0.2) is 5.69 Å². The molecule has 0 bridgehead atoms. The maximum atomic E-state index is 13.3. The molecule has 2 heterocycles. The monoisotopic (exact) mass is 428 g/mol. The van der Waals surface area contributed by atoms with E-state index in [0.29, 0.717) is 42.8 Å². The fraction of sp³-hybridized carbons (Fsp3) is 0.409. The summed E-state index contributed by atoms with van der Waals surface area (Å²) in [5, 5.41) is 0.794. The van der Waals surface area contributed by atoms with Gasteiger partial charge in [-0.1, -0.05) is 20.3 Å². The van der Waals surface area contributed by atoms with Crippen molar-refractivity contribution in [2.24, 2.45) is 0 Å². The van der Waals surface area contributed by atoms with Gasteiger partial charge in [-0.05, 0) is 25.0 Å². The van der Waals surface area contributed by atoms with E-state index in [4.69, 9.17) is 14.9 Å². The standard InChI is InChI=1S/C22H28N4O5/c1-4-6-10-25(19-20(23)26(9-5-2)22(29)24-21(19)28)18(27)11-14-13-31-17-12-15(30-3)7-8-16(14)17/h7-8,12-13H,4-6,9-11,23H2,1-3H3,(H,24,28,29). The Labute approximate surface area is 179 Å². The number of carbonyl (C=O) groups excluding carboxylic acids is 1. The molecule has 0 unspecified atom stereocenters. The minimum Gasteiger partial charge on any atom is -0.497 e. The molecule has 1 aromatic carbocycles. The summed E-state index contributed by atoms with van der Waals surface area (Å²) in [5.41, 5.74) is 6.27. The van der Waals surface area contributed by atoms with E-state index >= 15 is 0 Å². The van der Waals surface area contributed by atoms with Gasteiger partial charge in [-0.2, -0.15) is 0 Å². The summed E-state index contributed by atoms with van der Waals surface area (Å²) in [6.45, 7) is 4.55. The Hall–Kier alpha value is -3.49. The zero-order chi connectivity index (χ0) is 22.5. The fourth-order valence-electron chi connectivity index (χ4n) is 3.55. The number of hydrogen-bond donors (Lipinski definition) is 2. The Morgan fingerprint density at radius 2 is 2.03 bits per heavy atom. The normalized spacial score (nSPS) is 11.1. The van der Waals surface area contributed by atoms with Crippen molar-refractivity contribution >= 4 is 28.4 Å². The Morgan fingerprint density at radius 1 is 1.26 bits per heavy atom. The van der Waals surface area contributed by atoms with Crippen molar-refractivity contribution in [2.45, 2.75) is 46.1 Å². The van der Waals surface area contributed by atoms with E-state index in [2.05, 4.69) is 4.98 Å². The average Bonchev–Trinajstić information content (AvgIpc) is 3.14. The molecule has 0 aliphatic rings. The molecule has 3 rings (SSSR count). The Kier molecular flexibility index (Phi) is 6.84. The maximum absolute atomic E-state index is 13.3. The molecule has 2 aromatic heterocycles. The van der Waals surface area contributed by atoms with Crippen molar-refractivity contribution in [3.8, 4) is 5.75 Å². The smallest absolute Gasteiger partial charge is 0.330 e. The van der Waals surface area contributed by atoms with Crippen molar-refractivity contribution in [1.29, 1.82) is 0 Å². The molecule has 0 fully saturated rings. The highest BCUT2D eigenvalue weighted by Gasteiger charge is 2.25. The Balaban J connectivity index is 2.00. The van der Waals surface area contributed by atoms with Crippen LogP contribution in [-0.4, -0.2) is 29.1 Å². The molecule has 0 radical (unpaired) electrons. The molecule has 0 aliphatic carbocycles. The molecular formula is C22H28N4O5. The number of methoxy groups -OCH3 is 1. The number of furan rings is 1. The molecule has 0 aliphatic heterocycles. The molecular weight excluding hydrogens is 400 g/mol. The zero-order valence-corrected chi connectivity index (χ0v) is 18.1. The van der Waals surface area contributed by atoms with Crippen LogP contribution < -0.4 is 26.6 Å². The first kappa shape index (κ1) is 22.2. The van der Waals surface area contributed by atoms with Crippen LogP contribution in [0.25, 0.3) is 11.0 Å². The van der Waals surface area contributed by atoms with Gasteiger partial charge >= 0.3 is 5.69 Å². The third kappa shape index (κ3) is 4.50. The van der Waals surface area contributed by atoms with Crippen molar-refractivity contribution in [1.82, 2.24) is 9.55 Å². The molecule has 9 heteroatoms. The number of carbonyl (C=O) groups is 1. The number of nitrogen functional groups attached to an aromatic ring is 1. The van der Waals surface area contributed by atoms with Gasteiger partial charge < -0.3 is 19.8 Å². The van der Waals surface area contributed by atoms with Gasteiger partial charge in [0.2, 0.25) is 5.91 Å². The van der Waals surface area contributed by atoms with Crippen molar-refractivity contribution < 1.29 is 13.9 Å². The molecule has 3 N–H and O–H groups in total. The predicted octanol–water partition coefficient (Wildman–Crippen LogP) is 2.66. The molecule has 166 valence electrons. The lowest BCUT2D eigenvalue weighted by atomic mass is 10.1. The van der Waals surface area contributed by atoms with Gasteiger partial charge in [0, 0.05) is 30.1 Å². The summed E-state index contributed by atoms with van der Waals surface area (Å²) in [7, 11) is 1.57. The van der Waals surface area contributed by atoms with Crippen molar-refractivity contribution in [3.63, 3.8) is 0 Å². The molecule has 0 saturated carbocycles. The predicted molar refractivity (Wildman–Crippen MR) is 120 cm³/mol. The number of amides is 1. The second kappa shape index (κ2) is 9.55. The molecule has 1 amide bonds. The average molecular weight is 428 g/mol.